The van der Waals surface area contributed by atoms with Crippen LogP contribution in [0.25, 0.3) is 10.8 Å². The van der Waals surface area contributed by atoms with Crippen LogP contribution < -0.4 is 10.9 Å². The lowest BCUT2D eigenvalue weighted by molar-refractivity contribution is -0.200. The Kier molecular flexibility index (Phi) is 11.8. The summed E-state index contributed by atoms with van der Waals surface area (Å²) in [6.07, 6.45) is 12.1. The van der Waals surface area contributed by atoms with Crippen LogP contribution in [0.1, 0.15) is 106 Å². The van der Waals surface area contributed by atoms with Crippen molar-refractivity contribution in [2.45, 2.75) is 109 Å². The molecule has 3 aliphatic heterocycles. The Morgan fingerprint density at radius 2 is 1.46 bits per heavy atom. The van der Waals surface area contributed by atoms with Gasteiger partial charge in [0.1, 0.15) is 11.9 Å². The number of nitrogens with one attached hydrogen (secondary N) is 2. The van der Waals surface area contributed by atoms with Crippen molar-refractivity contribution in [3.8, 4) is 0 Å². The van der Waals surface area contributed by atoms with Crippen molar-refractivity contribution in [3.63, 3.8) is 0 Å². The fraction of sp³-hybridized carbons (Fsp3) is 0.617. The van der Waals surface area contributed by atoms with Crippen molar-refractivity contribution in [2.24, 2.45) is 16.7 Å². The molecule has 1 aromatic heterocycles. The maximum Gasteiger partial charge on any atom is 0.272 e. The van der Waals surface area contributed by atoms with Crippen LogP contribution in [0.15, 0.2) is 47.3 Å². The van der Waals surface area contributed by atoms with Crippen molar-refractivity contribution in [2.75, 3.05) is 58.9 Å². The van der Waals surface area contributed by atoms with E-state index in [0.717, 1.165) is 83.7 Å². The molecule has 3 saturated heterocycles. The number of halogens is 1. The topological polar surface area (TPSA) is 148 Å². The van der Waals surface area contributed by atoms with Crippen LogP contribution >= 0.6 is 0 Å². The summed E-state index contributed by atoms with van der Waals surface area (Å²) in [5.41, 5.74) is 1.14. The summed E-state index contributed by atoms with van der Waals surface area (Å²) in [6.45, 7) is 6.78. The molecular formula is C47H60FN7O6. The molecule has 0 unspecified atom stereocenters. The van der Waals surface area contributed by atoms with Gasteiger partial charge in [-0.25, -0.2) is 9.49 Å². The highest BCUT2D eigenvalue weighted by molar-refractivity contribution is 5.95. The molecule has 13 nitrogen and oxygen atoms in total. The summed E-state index contributed by atoms with van der Waals surface area (Å²) in [5, 5.41) is 11.3. The third-order valence-corrected chi connectivity index (χ3v) is 14.8. The summed E-state index contributed by atoms with van der Waals surface area (Å²) in [5.74, 6) is -0.575. The number of hydrogen-bond acceptors (Lipinski definition) is 8. The van der Waals surface area contributed by atoms with Crippen molar-refractivity contribution in [3.05, 3.63) is 75.5 Å². The molecule has 1 atom stereocenters. The van der Waals surface area contributed by atoms with Gasteiger partial charge in [-0.1, -0.05) is 50.5 Å². The van der Waals surface area contributed by atoms with Gasteiger partial charge in [0.05, 0.1) is 40.8 Å². The van der Waals surface area contributed by atoms with E-state index in [1.54, 1.807) is 34.1 Å². The molecule has 10 rings (SSSR count). The van der Waals surface area contributed by atoms with Gasteiger partial charge in [-0.15, -0.1) is 0 Å². The van der Waals surface area contributed by atoms with Gasteiger partial charge in [0.2, 0.25) is 17.7 Å². The molecule has 2 N–H and O–H groups in total. The summed E-state index contributed by atoms with van der Waals surface area (Å²) < 4.78 is 21.6. The molecule has 4 saturated carbocycles. The van der Waals surface area contributed by atoms with Crippen molar-refractivity contribution < 1.29 is 28.3 Å². The molecule has 7 aliphatic rings. The number of fused-ring (bicyclic) bond motifs is 1. The Labute approximate surface area is 356 Å². The number of piperazine rings is 1. The third kappa shape index (κ3) is 8.71. The second-order valence-electron chi connectivity index (χ2n) is 19.3. The number of ether oxygens (including phenoxy) is 1. The quantitative estimate of drug-likeness (QED) is 0.284. The average Bonchev–Trinajstić information content (AvgIpc) is 3.26. The molecule has 61 heavy (non-hydrogen) atoms. The molecule has 4 amide bonds. The summed E-state index contributed by atoms with van der Waals surface area (Å²) in [4.78, 5) is 74.1. The molecule has 2 bridgehead atoms. The minimum Gasteiger partial charge on any atom is -0.375 e. The smallest absolute Gasteiger partial charge is 0.272 e. The largest absolute Gasteiger partial charge is 0.375 e. The first kappa shape index (κ1) is 41.7. The number of amides is 4. The predicted molar refractivity (Wildman–Crippen MR) is 227 cm³/mol. The van der Waals surface area contributed by atoms with Gasteiger partial charge in [0.15, 0.2) is 0 Å². The summed E-state index contributed by atoms with van der Waals surface area (Å²) >= 11 is 0. The zero-order chi connectivity index (χ0) is 42.3. The van der Waals surface area contributed by atoms with Gasteiger partial charge in [0, 0.05) is 64.2 Å². The lowest BCUT2D eigenvalue weighted by Gasteiger charge is -2.68. The van der Waals surface area contributed by atoms with Crippen LogP contribution in [0, 0.1) is 22.6 Å². The maximum absolute atomic E-state index is 15.0. The predicted octanol–water partition coefficient (Wildman–Crippen LogP) is 4.66. The lowest BCUT2D eigenvalue weighted by Crippen LogP contribution is -2.68. The van der Waals surface area contributed by atoms with Gasteiger partial charge in [0.25, 0.3) is 11.5 Å². The molecule has 0 spiro atoms. The number of carbonyl (C=O) groups is 4. The fourth-order valence-electron chi connectivity index (χ4n) is 11.5. The number of likely N-dealkylation sites (tertiary alicyclic amines) is 2. The molecule has 14 heteroatoms. The number of hydrogen-bond donors (Lipinski definition) is 2. The van der Waals surface area contributed by atoms with E-state index < -0.39 is 17.8 Å². The molecule has 326 valence electrons. The standard InChI is InChI=1S/C47H60FN7O6/c1-46-28-47(29-46,30-46)45(60)49-41(32-7-3-2-4-8-32)44(59)54-19-15-34(16-20-54)61-33-13-17-52(18-14-33)27-40(56)53-21-23-55(24-22-53)43(58)37-25-31(11-12-38(37)48)26-39-35-9-5-6-10-36(35)42(57)51-50-39/h5-6,9-12,25,32-34,41H,2-4,7-8,13-24,26-30H2,1H3,(H,49,60)(H,51,57)/t41-,46?,47?/m1/s1. The Bertz CT molecular complexity index is 2180. The minimum atomic E-state index is -0.603. The van der Waals surface area contributed by atoms with Crippen molar-refractivity contribution in [1.29, 1.82) is 0 Å². The van der Waals surface area contributed by atoms with Gasteiger partial charge < -0.3 is 24.8 Å². The monoisotopic (exact) mass is 837 g/mol. The first-order chi connectivity index (χ1) is 29.5. The molecule has 4 aliphatic carbocycles. The van der Waals surface area contributed by atoms with Crippen LogP contribution in [0.2, 0.25) is 0 Å². The SMILES string of the molecule is CC12CC(C(=O)N[C@@H](C(=O)N3CCC(OC4CCN(CC(=O)N5CCN(C(=O)c6cc(Cc7n[nH]c(=O)c8ccccc78)ccc6F)CC5)CC4)CC3)C3CCCCC3)(C1)C2. The van der Waals surface area contributed by atoms with Crippen LogP contribution in [-0.4, -0.2) is 131 Å². The first-order valence-corrected chi connectivity index (χ1v) is 22.8. The highest BCUT2D eigenvalue weighted by Gasteiger charge is 2.69. The van der Waals surface area contributed by atoms with E-state index in [-0.39, 0.29) is 52.4 Å². The second-order valence-corrected chi connectivity index (χ2v) is 19.3. The number of nitrogens with zero attached hydrogens (tertiary/aromatic N) is 5. The Balaban J connectivity index is 0.700. The molecule has 0 radical (unpaired) electrons. The summed E-state index contributed by atoms with van der Waals surface area (Å²) in [6, 6.07) is 11.2. The normalized spacial score (nSPS) is 25.8. The van der Waals surface area contributed by atoms with Crippen molar-refractivity contribution in [1.82, 2.24) is 35.1 Å². The zero-order valence-corrected chi connectivity index (χ0v) is 35.5. The molecular weight excluding hydrogens is 778 g/mol. The number of aromatic amines is 1. The number of piperidine rings is 2. The summed E-state index contributed by atoms with van der Waals surface area (Å²) in [7, 11) is 0. The number of carbonyl (C=O) groups excluding carboxylic acids is 4. The van der Waals surface area contributed by atoms with E-state index >= 15 is 4.39 Å². The van der Waals surface area contributed by atoms with E-state index in [4.69, 9.17) is 4.74 Å². The number of aromatic nitrogens is 2. The fourth-order valence-corrected chi connectivity index (χ4v) is 11.5. The third-order valence-electron chi connectivity index (χ3n) is 14.8. The van der Waals surface area contributed by atoms with Gasteiger partial charge in [-0.05, 0) is 92.9 Å². The van der Waals surface area contributed by atoms with Crippen LogP contribution in [0.4, 0.5) is 4.39 Å². The Morgan fingerprint density at radius 1 is 0.820 bits per heavy atom. The average molecular weight is 838 g/mol. The molecule has 4 heterocycles. The number of rotatable bonds is 11. The van der Waals surface area contributed by atoms with E-state index in [9.17, 15) is 24.0 Å². The number of H-pyrrole nitrogens is 1. The molecule has 2 aromatic carbocycles. The maximum atomic E-state index is 15.0. The first-order valence-electron chi connectivity index (χ1n) is 22.8. The second kappa shape index (κ2) is 17.2. The lowest BCUT2D eigenvalue weighted by atomic mass is 9.35. The highest BCUT2D eigenvalue weighted by Crippen LogP contribution is 2.73. The van der Waals surface area contributed by atoms with E-state index in [2.05, 4.69) is 27.3 Å². The van der Waals surface area contributed by atoms with Gasteiger partial charge in [-0.3, -0.25) is 28.9 Å². The Hall–Kier alpha value is -4.69. The molecule has 7 fully saturated rings. The molecule has 3 aromatic rings. The van der Waals surface area contributed by atoms with E-state index in [0.29, 0.717) is 79.7 Å². The Morgan fingerprint density at radius 3 is 2.13 bits per heavy atom. The highest BCUT2D eigenvalue weighted by atomic mass is 19.1. The number of benzene rings is 2. The van der Waals surface area contributed by atoms with Gasteiger partial charge >= 0.3 is 0 Å². The zero-order valence-electron chi connectivity index (χ0n) is 35.5. The van der Waals surface area contributed by atoms with E-state index in [1.165, 1.54) is 12.5 Å². The van der Waals surface area contributed by atoms with Crippen molar-refractivity contribution >= 4 is 34.4 Å². The van der Waals surface area contributed by atoms with E-state index in [1.807, 2.05) is 17.0 Å². The van der Waals surface area contributed by atoms with Crippen LogP contribution in [-0.2, 0) is 25.5 Å². The minimum absolute atomic E-state index is 0.0201. The van der Waals surface area contributed by atoms with Gasteiger partial charge in [-0.2, -0.15) is 5.10 Å². The van der Waals surface area contributed by atoms with Crippen LogP contribution in [0.5, 0.6) is 0 Å². The van der Waals surface area contributed by atoms with Crippen LogP contribution in [0.3, 0.4) is 0 Å².